The SMILES string of the molecule is COc1cc(CC(=O)Nc2nc(-c3ccccc3)ns2)cc(OC)c1OC. The standard InChI is InChI=1S/C19H19N3O4S/c1-24-14-9-12(10-15(25-2)17(14)26-3)11-16(23)20-19-21-18(22-27-19)13-7-5-4-6-8-13/h4-10H,11H2,1-3H3,(H,20,21,22,23). The van der Waals surface area contributed by atoms with Crippen molar-refractivity contribution in [3.8, 4) is 28.6 Å². The van der Waals surface area contributed by atoms with E-state index in [1.165, 1.54) is 21.3 Å². The maximum Gasteiger partial charge on any atom is 0.230 e. The van der Waals surface area contributed by atoms with E-state index >= 15 is 0 Å². The average molecular weight is 385 g/mol. The fourth-order valence-corrected chi connectivity index (χ4v) is 3.17. The normalized spacial score (nSPS) is 10.3. The molecule has 0 aliphatic heterocycles. The van der Waals surface area contributed by atoms with Crippen molar-refractivity contribution in [2.75, 3.05) is 26.6 Å². The Morgan fingerprint density at radius 3 is 2.30 bits per heavy atom. The van der Waals surface area contributed by atoms with Crippen LogP contribution >= 0.6 is 11.5 Å². The molecule has 7 nitrogen and oxygen atoms in total. The molecule has 1 aromatic heterocycles. The molecule has 3 rings (SSSR count). The van der Waals surface area contributed by atoms with Gasteiger partial charge in [-0.05, 0) is 17.7 Å². The molecule has 27 heavy (non-hydrogen) atoms. The minimum atomic E-state index is -0.208. The van der Waals surface area contributed by atoms with Gasteiger partial charge in [0.05, 0.1) is 27.8 Å². The van der Waals surface area contributed by atoms with Crippen molar-refractivity contribution in [3.05, 3.63) is 48.0 Å². The summed E-state index contributed by atoms with van der Waals surface area (Å²) in [5.74, 6) is 1.87. The molecule has 1 amide bonds. The first kappa shape index (κ1) is 18.7. The number of carbonyl (C=O) groups excluding carboxylic acids is 1. The van der Waals surface area contributed by atoms with E-state index in [2.05, 4.69) is 14.7 Å². The van der Waals surface area contributed by atoms with Gasteiger partial charge in [0.2, 0.25) is 16.8 Å². The number of nitrogens with zero attached hydrogens (tertiary/aromatic N) is 2. The topological polar surface area (TPSA) is 82.6 Å². The molecule has 0 fully saturated rings. The summed E-state index contributed by atoms with van der Waals surface area (Å²) in [6.45, 7) is 0. The Kier molecular flexibility index (Phi) is 5.87. The molecule has 0 spiro atoms. The van der Waals surface area contributed by atoms with Crippen LogP contribution in [0.5, 0.6) is 17.2 Å². The quantitative estimate of drug-likeness (QED) is 0.671. The van der Waals surface area contributed by atoms with Crippen LogP contribution in [0.3, 0.4) is 0 Å². The molecule has 140 valence electrons. The van der Waals surface area contributed by atoms with Gasteiger partial charge in [-0.15, -0.1) is 0 Å². The van der Waals surface area contributed by atoms with Gasteiger partial charge in [-0.25, -0.2) is 0 Å². The molecule has 0 aliphatic rings. The Labute approximate surface area is 161 Å². The van der Waals surface area contributed by atoms with Crippen LogP contribution in [0.2, 0.25) is 0 Å². The summed E-state index contributed by atoms with van der Waals surface area (Å²) in [5, 5.41) is 3.23. The Morgan fingerprint density at radius 1 is 1.04 bits per heavy atom. The zero-order chi connectivity index (χ0) is 19.2. The second-order valence-electron chi connectivity index (χ2n) is 5.55. The van der Waals surface area contributed by atoms with Crippen LogP contribution in [-0.4, -0.2) is 36.6 Å². The van der Waals surface area contributed by atoms with E-state index in [9.17, 15) is 4.79 Å². The average Bonchev–Trinajstić information content (AvgIpc) is 3.16. The summed E-state index contributed by atoms with van der Waals surface area (Å²) in [5.41, 5.74) is 1.63. The second-order valence-corrected chi connectivity index (χ2v) is 6.30. The first-order valence-electron chi connectivity index (χ1n) is 8.12. The lowest BCUT2D eigenvalue weighted by atomic mass is 10.1. The van der Waals surface area contributed by atoms with Gasteiger partial charge >= 0.3 is 0 Å². The largest absolute Gasteiger partial charge is 0.493 e. The molecule has 1 heterocycles. The number of benzene rings is 2. The molecule has 1 N–H and O–H groups in total. The Hall–Kier alpha value is -3.13. The van der Waals surface area contributed by atoms with Gasteiger partial charge in [0.1, 0.15) is 0 Å². The highest BCUT2D eigenvalue weighted by atomic mass is 32.1. The molecule has 0 atom stereocenters. The predicted molar refractivity (Wildman–Crippen MR) is 104 cm³/mol. The van der Waals surface area contributed by atoms with E-state index in [0.717, 1.165) is 22.7 Å². The lowest BCUT2D eigenvalue weighted by molar-refractivity contribution is -0.115. The van der Waals surface area contributed by atoms with Crippen LogP contribution in [0.1, 0.15) is 5.56 Å². The Bertz CT molecular complexity index is 903. The van der Waals surface area contributed by atoms with Gasteiger partial charge in [0, 0.05) is 17.1 Å². The van der Waals surface area contributed by atoms with E-state index in [1.54, 1.807) is 12.1 Å². The van der Waals surface area contributed by atoms with Crippen molar-refractivity contribution in [2.45, 2.75) is 6.42 Å². The zero-order valence-electron chi connectivity index (χ0n) is 15.2. The van der Waals surface area contributed by atoms with E-state index in [4.69, 9.17) is 14.2 Å². The van der Waals surface area contributed by atoms with Crippen molar-refractivity contribution >= 4 is 22.6 Å². The van der Waals surface area contributed by atoms with Crippen molar-refractivity contribution in [3.63, 3.8) is 0 Å². The third kappa shape index (κ3) is 4.35. The molecular weight excluding hydrogens is 366 g/mol. The molecule has 0 saturated heterocycles. The highest BCUT2D eigenvalue weighted by Crippen LogP contribution is 2.38. The van der Waals surface area contributed by atoms with Crippen LogP contribution < -0.4 is 19.5 Å². The minimum Gasteiger partial charge on any atom is -0.493 e. The summed E-state index contributed by atoms with van der Waals surface area (Å²) in [6, 6.07) is 13.1. The number of methoxy groups -OCH3 is 3. The zero-order valence-corrected chi connectivity index (χ0v) is 16.0. The van der Waals surface area contributed by atoms with Gasteiger partial charge < -0.3 is 19.5 Å². The van der Waals surface area contributed by atoms with Crippen molar-refractivity contribution in [2.24, 2.45) is 0 Å². The lowest BCUT2D eigenvalue weighted by Crippen LogP contribution is -2.14. The van der Waals surface area contributed by atoms with E-state index < -0.39 is 0 Å². The second kappa shape index (κ2) is 8.50. The molecule has 0 radical (unpaired) electrons. The lowest BCUT2D eigenvalue weighted by Gasteiger charge is -2.13. The van der Waals surface area contributed by atoms with Gasteiger partial charge in [-0.3, -0.25) is 4.79 Å². The fourth-order valence-electron chi connectivity index (χ4n) is 2.57. The third-order valence-electron chi connectivity index (χ3n) is 3.79. The molecule has 0 saturated carbocycles. The van der Waals surface area contributed by atoms with Crippen molar-refractivity contribution < 1.29 is 19.0 Å². The third-order valence-corrected chi connectivity index (χ3v) is 4.42. The maximum atomic E-state index is 12.4. The number of amides is 1. The molecule has 8 heteroatoms. The number of ether oxygens (including phenoxy) is 3. The maximum absolute atomic E-state index is 12.4. The number of carbonyl (C=O) groups is 1. The van der Waals surface area contributed by atoms with Crippen LogP contribution in [0.4, 0.5) is 5.13 Å². The highest BCUT2D eigenvalue weighted by molar-refractivity contribution is 7.10. The van der Waals surface area contributed by atoms with Gasteiger partial charge in [-0.2, -0.15) is 9.36 Å². The predicted octanol–water partition coefficient (Wildman–Crippen LogP) is 3.41. The van der Waals surface area contributed by atoms with Crippen molar-refractivity contribution in [1.82, 2.24) is 9.36 Å². The number of anilines is 1. The first-order chi connectivity index (χ1) is 13.1. The van der Waals surface area contributed by atoms with Crippen LogP contribution in [-0.2, 0) is 11.2 Å². The summed E-state index contributed by atoms with van der Waals surface area (Å²) in [4.78, 5) is 16.8. The molecule has 0 aliphatic carbocycles. The van der Waals surface area contributed by atoms with E-state index in [-0.39, 0.29) is 12.3 Å². The summed E-state index contributed by atoms with van der Waals surface area (Å²) < 4.78 is 20.2. The van der Waals surface area contributed by atoms with Crippen LogP contribution in [0.15, 0.2) is 42.5 Å². The van der Waals surface area contributed by atoms with Gasteiger partial charge in [0.25, 0.3) is 0 Å². The Balaban J connectivity index is 1.72. The number of hydrogen-bond acceptors (Lipinski definition) is 7. The van der Waals surface area contributed by atoms with Crippen molar-refractivity contribution in [1.29, 1.82) is 0 Å². The molecule has 2 aromatic carbocycles. The van der Waals surface area contributed by atoms with E-state index in [0.29, 0.717) is 28.2 Å². The highest BCUT2D eigenvalue weighted by Gasteiger charge is 2.16. The van der Waals surface area contributed by atoms with Gasteiger partial charge in [-0.1, -0.05) is 30.3 Å². The summed E-state index contributed by atoms with van der Waals surface area (Å²) in [7, 11) is 4.60. The molecule has 3 aromatic rings. The number of hydrogen-bond donors (Lipinski definition) is 1. The first-order valence-corrected chi connectivity index (χ1v) is 8.89. The van der Waals surface area contributed by atoms with E-state index in [1.807, 2.05) is 30.3 Å². The molecule has 0 unspecified atom stereocenters. The van der Waals surface area contributed by atoms with Crippen LogP contribution in [0, 0.1) is 0 Å². The molecule has 0 bridgehead atoms. The number of aromatic nitrogens is 2. The van der Waals surface area contributed by atoms with Crippen LogP contribution in [0.25, 0.3) is 11.4 Å². The number of nitrogens with one attached hydrogen (secondary N) is 1. The Morgan fingerprint density at radius 2 is 1.70 bits per heavy atom. The minimum absolute atomic E-state index is 0.136. The number of rotatable bonds is 7. The summed E-state index contributed by atoms with van der Waals surface area (Å²) >= 11 is 1.14. The van der Waals surface area contributed by atoms with Gasteiger partial charge in [0.15, 0.2) is 17.3 Å². The summed E-state index contributed by atoms with van der Waals surface area (Å²) in [6.07, 6.45) is 0.136. The molecular formula is C19H19N3O4S. The fraction of sp³-hybridized carbons (Fsp3) is 0.211. The smallest absolute Gasteiger partial charge is 0.230 e. The monoisotopic (exact) mass is 385 g/mol.